The van der Waals surface area contributed by atoms with Crippen LogP contribution >= 0.6 is 0 Å². The molecule has 0 saturated carbocycles. The first-order valence-electron chi connectivity index (χ1n) is 8.26. The summed E-state index contributed by atoms with van der Waals surface area (Å²) in [7, 11) is -2.09. The monoisotopic (exact) mass is 364 g/mol. The number of rotatable bonds is 4. The van der Waals surface area contributed by atoms with Crippen molar-refractivity contribution in [3.63, 3.8) is 0 Å². The van der Waals surface area contributed by atoms with Crippen LogP contribution < -0.4 is 9.64 Å². The molecule has 1 aliphatic heterocycles. The van der Waals surface area contributed by atoms with Crippen molar-refractivity contribution in [3.8, 4) is 5.75 Å². The van der Waals surface area contributed by atoms with Gasteiger partial charge in [0.1, 0.15) is 10.6 Å². The molecule has 0 bridgehead atoms. The first kappa shape index (κ1) is 17.8. The Balaban J connectivity index is 1.82. The number of piperazine rings is 1. The molecular weight excluding hydrogens is 340 g/mol. The molecule has 8 heteroatoms. The lowest BCUT2D eigenvalue weighted by Crippen LogP contribution is -2.49. The highest BCUT2D eigenvalue weighted by Crippen LogP contribution is 2.30. The summed E-state index contributed by atoms with van der Waals surface area (Å²) in [4.78, 5) is 2.42. The van der Waals surface area contributed by atoms with Gasteiger partial charge < -0.3 is 9.64 Å². The maximum Gasteiger partial charge on any atom is 0.246 e. The zero-order valence-corrected chi connectivity index (χ0v) is 15.9. The quantitative estimate of drug-likeness (QED) is 0.896. The molecule has 7 nitrogen and oxygen atoms in total. The van der Waals surface area contributed by atoms with Crippen LogP contribution in [-0.2, 0) is 10.0 Å². The van der Waals surface area contributed by atoms with Crippen molar-refractivity contribution in [1.82, 2.24) is 14.5 Å². The van der Waals surface area contributed by atoms with Crippen molar-refractivity contribution >= 4 is 15.7 Å². The molecule has 0 aliphatic carbocycles. The molecule has 0 amide bonds. The first-order valence-corrected chi connectivity index (χ1v) is 9.70. The van der Waals surface area contributed by atoms with Gasteiger partial charge in [0.15, 0.2) is 0 Å². The molecule has 0 spiro atoms. The maximum atomic E-state index is 13.1. The summed E-state index contributed by atoms with van der Waals surface area (Å²) < 4.78 is 32.9. The molecule has 0 unspecified atom stereocenters. The third-order valence-electron chi connectivity index (χ3n) is 4.58. The van der Waals surface area contributed by atoms with E-state index in [0.717, 1.165) is 22.6 Å². The molecular formula is C17H24N4O3S. The van der Waals surface area contributed by atoms with Crippen LogP contribution in [0.4, 0.5) is 5.69 Å². The summed E-state index contributed by atoms with van der Waals surface area (Å²) in [5.74, 6) is 0.384. The van der Waals surface area contributed by atoms with E-state index in [1.165, 1.54) is 11.4 Å². The number of anilines is 1. The smallest absolute Gasteiger partial charge is 0.246 e. The summed E-state index contributed by atoms with van der Waals surface area (Å²) in [5, 5.41) is 7.21. The molecule has 1 saturated heterocycles. The van der Waals surface area contributed by atoms with Gasteiger partial charge in [-0.2, -0.15) is 9.40 Å². The zero-order chi connectivity index (χ0) is 18.2. The van der Waals surface area contributed by atoms with Crippen LogP contribution in [0.25, 0.3) is 0 Å². The molecule has 3 rings (SSSR count). The van der Waals surface area contributed by atoms with E-state index in [-0.39, 0.29) is 4.90 Å². The lowest BCUT2D eigenvalue weighted by atomic mass is 10.2. The Labute approximate surface area is 148 Å². The van der Waals surface area contributed by atoms with Gasteiger partial charge in [-0.1, -0.05) is 6.07 Å². The van der Waals surface area contributed by atoms with Gasteiger partial charge in [0.25, 0.3) is 0 Å². The second-order valence-corrected chi connectivity index (χ2v) is 8.23. The van der Waals surface area contributed by atoms with E-state index in [2.05, 4.69) is 15.1 Å². The lowest BCUT2D eigenvalue weighted by molar-refractivity contribution is 0.374. The summed E-state index contributed by atoms with van der Waals surface area (Å²) in [6.07, 6.45) is 0. The number of methoxy groups -OCH3 is 1. The molecule has 1 N–H and O–H groups in total. The standard InChI is InChI=1S/C17H24N4O3S/c1-12-5-6-15(24-4)16(11-12)25(22,23)21-9-7-20(8-10-21)17-13(2)18-19-14(17)3/h5-6,11H,7-10H2,1-4H3,(H,18,19). The fourth-order valence-corrected chi connectivity index (χ4v) is 4.95. The number of aromatic amines is 1. The maximum absolute atomic E-state index is 13.1. The Bertz CT molecular complexity index is 849. The van der Waals surface area contributed by atoms with E-state index in [9.17, 15) is 8.42 Å². The number of H-pyrrole nitrogens is 1. The minimum atomic E-state index is -3.58. The normalized spacial score (nSPS) is 16.2. The van der Waals surface area contributed by atoms with Crippen LogP contribution in [-0.4, -0.2) is 56.2 Å². The van der Waals surface area contributed by atoms with Crippen LogP contribution in [0.2, 0.25) is 0 Å². The molecule has 2 heterocycles. The van der Waals surface area contributed by atoms with E-state index >= 15 is 0 Å². The van der Waals surface area contributed by atoms with E-state index < -0.39 is 10.0 Å². The predicted molar refractivity (Wildman–Crippen MR) is 96.8 cm³/mol. The molecule has 1 fully saturated rings. The lowest BCUT2D eigenvalue weighted by Gasteiger charge is -2.35. The van der Waals surface area contributed by atoms with E-state index in [0.29, 0.717) is 31.9 Å². The molecule has 25 heavy (non-hydrogen) atoms. The number of sulfonamides is 1. The van der Waals surface area contributed by atoms with Gasteiger partial charge in [0.05, 0.1) is 24.2 Å². The Kier molecular flexibility index (Phi) is 4.75. The van der Waals surface area contributed by atoms with E-state index in [1.807, 2.05) is 26.8 Å². The van der Waals surface area contributed by atoms with Gasteiger partial charge in [-0.25, -0.2) is 8.42 Å². The van der Waals surface area contributed by atoms with E-state index in [1.54, 1.807) is 12.1 Å². The Morgan fingerprint density at radius 3 is 2.36 bits per heavy atom. The summed E-state index contributed by atoms with van der Waals surface area (Å²) >= 11 is 0. The minimum absolute atomic E-state index is 0.235. The van der Waals surface area contributed by atoms with Crippen LogP contribution in [0.3, 0.4) is 0 Å². The SMILES string of the molecule is COc1ccc(C)cc1S(=O)(=O)N1CCN(c2c(C)n[nH]c2C)CC1. The number of hydrogen-bond donors (Lipinski definition) is 1. The molecule has 0 atom stereocenters. The number of nitrogens with zero attached hydrogens (tertiary/aromatic N) is 3. The molecule has 2 aromatic rings. The van der Waals surface area contributed by atoms with Crippen molar-refractivity contribution in [2.45, 2.75) is 25.7 Å². The summed E-state index contributed by atoms with van der Waals surface area (Å²) in [5.41, 5.74) is 3.91. The fourth-order valence-electron chi connectivity index (χ4n) is 3.29. The second-order valence-electron chi connectivity index (χ2n) is 6.33. The fraction of sp³-hybridized carbons (Fsp3) is 0.471. The number of nitrogens with one attached hydrogen (secondary N) is 1. The molecule has 1 aromatic carbocycles. The van der Waals surface area contributed by atoms with Gasteiger partial charge in [0, 0.05) is 26.2 Å². The minimum Gasteiger partial charge on any atom is -0.495 e. The number of aryl methyl sites for hydroxylation is 3. The third kappa shape index (κ3) is 3.23. The van der Waals surface area contributed by atoms with Crippen LogP contribution in [0.5, 0.6) is 5.75 Å². The molecule has 1 aliphatic rings. The van der Waals surface area contributed by atoms with Crippen molar-refractivity contribution in [2.24, 2.45) is 0 Å². The number of hydrogen-bond acceptors (Lipinski definition) is 5. The van der Waals surface area contributed by atoms with Gasteiger partial charge >= 0.3 is 0 Å². The Morgan fingerprint density at radius 1 is 1.12 bits per heavy atom. The number of aromatic nitrogens is 2. The molecule has 136 valence electrons. The van der Waals surface area contributed by atoms with Crippen molar-refractivity contribution < 1.29 is 13.2 Å². The van der Waals surface area contributed by atoms with Crippen molar-refractivity contribution in [2.75, 3.05) is 38.2 Å². The number of benzene rings is 1. The first-order chi connectivity index (χ1) is 11.8. The second kappa shape index (κ2) is 6.68. The van der Waals surface area contributed by atoms with Crippen LogP contribution in [0.1, 0.15) is 17.0 Å². The third-order valence-corrected chi connectivity index (χ3v) is 6.50. The van der Waals surface area contributed by atoms with Gasteiger partial charge in [-0.05, 0) is 38.5 Å². The average Bonchev–Trinajstić information content (AvgIpc) is 2.93. The van der Waals surface area contributed by atoms with Crippen molar-refractivity contribution in [1.29, 1.82) is 0 Å². The Morgan fingerprint density at radius 2 is 1.80 bits per heavy atom. The predicted octanol–water partition coefficient (Wildman–Crippen LogP) is 1.85. The Hall–Kier alpha value is -2.06. The highest BCUT2D eigenvalue weighted by Gasteiger charge is 2.32. The van der Waals surface area contributed by atoms with Gasteiger partial charge in [-0.15, -0.1) is 0 Å². The largest absolute Gasteiger partial charge is 0.495 e. The topological polar surface area (TPSA) is 78.5 Å². The molecule has 1 aromatic heterocycles. The number of ether oxygens (including phenoxy) is 1. The average molecular weight is 364 g/mol. The summed E-state index contributed by atoms with van der Waals surface area (Å²) in [6.45, 7) is 7.95. The van der Waals surface area contributed by atoms with Gasteiger partial charge in [-0.3, -0.25) is 5.10 Å². The van der Waals surface area contributed by atoms with Crippen LogP contribution in [0.15, 0.2) is 23.1 Å². The highest BCUT2D eigenvalue weighted by atomic mass is 32.2. The van der Waals surface area contributed by atoms with Gasteiger partial charge in [0.2, 0.25) is 10.0 Å². The van der Waals surface area contributed by atoms with Crippen molar-refractivity contribution in [3.05, 3.63) is 35.2 Å². The van der Waals surface area contributed by atoms with Crippen LogP contribution in [0, 0.1) is 20.8 Å². The van der Waals surface area contributed by atoms with E-state index in [4.69, 9.17) is 4.74 Å². The highest BCUT2D eigenvalue weighted by molar-refractivity contribution is 7.89. The zero-order valence-electron chi connectivity index (χ0n) is 15.0. The summed E-state index contributed by atoms with van der Waals surface area (Å²) in [6, 6.07) is 5.22. The molecule has 0 radical (unpaired) electrons.